The van der Waals surface area contributed by atoms with E-state index in [2.05, 4.69) is 10.3 Å². The first-order valence-corrected chi connectivity index (χ1v) is 8.81. The van der Waals surface area contributed by atoms with Crippen LogP contribution in [-0.2, 0) is 16.1 Å². The quantitative estimate of drug-likeness (QED) is 0.867. The van der Waals surface area contributed by atoms with Crippen LogP contribution in [0.25, 0.3) is 0 Å². The molecule has 0 radical (unpaired) electrons. The number of benzene rings is 1. The predicted molar refractivity (Wildman–Crippen MR) is 97.7 cm³/mol. The molecule has 0 aliphatic carbocycles. The number of hydrogen-bond acceptors (Lipinski definition) is 4. The lowest BCUT2D eigenvalue weighted by molar-refractivity contribution is -0.136. The third-order valence-electron chi connectivity index (χ3n) is 4.56. The molecule has 1 atom stereocenters. The van der Waals surface area contributed by atoms with E-state index in [9.17, 15) is 9.59 Å². The summed E-state index contributed by atoms with van der Waals surface area (Å²) in [5, 5.41) is 2.88. The first-order valence-electron chi connectivity index (χ1n) is 8.81. The van der Waals surface area contributed by atoms with Crippen molar-refractivity contribution in [2.75, 3.05) is 6.54 Å². The second kappa shape index (κ2) is 7.99. The number of amides is 2. The van der Waals surface area contributed by atoms with Gasteiger partial charge in [-0.15, -0.1) is 0 Å². The highest BCUT2D eigenvalue weighted by molar-refractivity contribution is 5.88. The molecule has 136 valence electrons. The van der Waals surface area contributed by atoms with Gasteiger partial charge in [-0.25, -0.2) is 4.98 Å². The average molecular weight is 353 g/mol. The number of nitrogens with one attached hydrogen (secondary N) is 1. The van der Waals surface area contributed by atoms with Gasteiger partial charge in [0.05, 0.1) is 0 Å². The maximum atomic E-state index is 12.4. The summed E-state index contributed by atoms with van der Waals surface area (Å²) in [6.07, 6.45) is 2.99. The minimum absolute atomic E-state index is 0.0394. The van der Waals surface area contributed by atoms with Crippen LogP contribution in [0.3, 0.4) is 0 Å². The van der Waals surface area contributed by atoms with Crippen molar-refractivity contribution in [3.63, 3.8) is 0 Å². The first-order chi connectivity index (χ1) is 12.6. The van der Waals surface area contributed by atoms with E-state index in [1.165, 1.54) is 0 Å². The van der Waals surface area contributed by atoms with Gasteiger partial charge in [0.25, 0.3) is 0 Å². The maximum Gasteiger partial charge on any atom is 0.242 e. The second-order valence-electron chi connectivity index (χ2n) is 6.42. The van der Waals surface area contributed by atoms with E-state index >= 15 is 0 Å². The summed E-state index contributed by atoms with van der Waals surface area (Å²) in [5.41, 5.74) is 1.79. The summed E-state index contributed by atoms with van der Waals surface area (Å²) in [6.45, 7) is 4.66. The van der Waals surface area contributed by atoms with Gasteiger partial charge < -0.3 is 15.0 Å². The van der Waals surface area contributed by atoms with Crippen molar-refractivity contribution in [2.45, 2.75) is 39.3 Å². The van der Waals surface area contributed by atoms with Gasteiger partial charge in [-0.05, 0) is 38.0 Å². The van der Waals surface area contributed by atoms with Gasteiger partial charge in [0.15, 0.2) is 0 Å². The average Bonchev–Trinajstić information content (AvgIpc) is 3.08. The fourth-order valence-corrected chi connectivity index (χ4v) is 2.98. The van der Waals surface area contributed by atoms with Crippen LogP contribution in [0.5, 0.6) is 11.6 Å². The second-order valence-corrected chi connectivity index (χ2v) is 6.42. The normalized spacial score (nSPS) is 15.0. The first kappa shape index (κ1) is 17.9. The monoisotopic (exact) mass is 353 g/mol. The highest BCUT2D eigenvalue weighted by Gasteiger charge is 2.29. The Kier molecular flexibility index (Phi) is 5.51. The maximum absolute atomic E-state index is 12.4. The van der Waals surface area contributed by atoms with Gasteiger partial charge in [-0.1, -0.05) is 24.3 Å². The van der Waals surface area contributed by atoms with E-state index in [1.54, 1.807) is 24.1 Å². The Labute approximate surface area is 153 Å². The number of aromatic nitrogens is 1. The van der Waals surface area contributed by atoms with E-state index in [4.69, 9.17) is 4.74 Å². The Morgan fingerprint density at radius 3 is 2.85 bits per heavy atom. The van der Waals surface area contributed by atoms with Crippen LogP contribution in [0.1, 0.15) is 30.9 Å². The molecule has 1 aromatic carbocycles. The van der Waals surface area contributed by atoms with Gasteiger partial charge in [-0.2, -0.15) is 0 Å². The SMILES string of the molecule is Cc1ccccc1Oc1ncccc1CNC(=O)[C@@H](C)N1CCCC1=O. The van der Waals surface area contributed by atoms with E-state index in [0.717, 1.165) is 23.3 Å². The molecule has 3 rings (SSSR count). The molecule has 26 heavy (non-hydrogen) atoms. The Morgan fingerprint density at radius 1 is 1.31 bits per heavy atom. The van der Waals surface area contributed by atoms with E-state index < -0.39 is 6.04 Å². The van der Waals surface area contributed by atoms with E-state index in [0.29, 0.717) is 25.4 Å². The molecule has 1 aromatic heterocycles. The van der Waals surface area contributed by atoms with Crippen molar-refractivity contribution in [2.24, 2.45) is 0 Å². The summed E-state index contributed by atoms with van der Waals surface area (Å²) >= 11 is 0. The molecule has 6 heteroatoms. The highest BCUT2D eigenvalue weighted by Crippen LogP contribution is 2.25. The van der Waals surface area contributed by atoms with Crippen molar-refractivity contribution >= 4 is 11.8 Å². The Morgan fingerprint density at radius 2 is 2.12 bits per heavy atom. The zero-order valence-corrected chi connectivity index (χ0v) is 15.1. The van der Waals surface area contributed by atoms with Crippen molar-refractivity contribution in [1.29, 1.82) is 0 Å². The number of aryl methyl sites for hydroxylation is 1. The van der Waals surface area contributed by atoms with Crippen LogP contribution < -0.4 is 10.1 Å². The third kappa shape index (κ3) is 4.02. The molecule has 0 unspecified atom stereocenters. The zero-order valence-electron chi connectivity index (χ0n) is 15.1. The van der Waals surface area contributed by atoms with Crippen molar-refractivity contribution in [3.05, 3.63) is 53.7 Å². The molecular weight excluding hydrogens is 330 g/mol. The molecular formula is C20H23N3O3. The number of rotatable bonds is 6. The predicted octanol–water partition coefficient (Wildman–Crippen LogP) is 2.81. The molecule has 0 spiro atoms. The van der Waals surface area contributed by atoms with Gasteiger partial charge in [0.2, 0.25) is 17.7 Å². The van der Waals surface area contributed by atoms with Crippen LogP contribution in [0.2, 0.25) is 0 Å². The zero-order chi connectivity index (χ0) is 18.5. The standard InChI is InChI=1S/C20H23N3O3/c1-14-7-3-4-9-17(14)26-20-16(8-5-11-21-20)13-22-19(25)15(2)23-12-6-10-18(23)24/h3-5,7-9,11,15H,6,10,12-13H2,1-2H3,(H,22,25)/t15-/m1/s1. The van der Waals surface area contributed by atoms with Crippen LogP contribution >= 0.6 is 0 Å². The molecule has 0 bridgehead atoms. The molecule has 1 saturated heterocycles. The smallest absolute Gasteiger partial charge is 0.242 e. The minimum Gasteiger partial charge on any atom is -0.438 e. The number of para-hydroxylation sites is 1. The third-order valence-corrected chi connectivity index (χ3v) is 4.56. The summed E-state index contributed by atoms with van der Waals surface area (Å²) in [4.78, 5) is 30.1. The number of carbonyl (C=O) groups excluding carboxylic acids is 2. The molecule has 2 heterocycles. The highest BCUT2D eigenvalue weighted by atomic mass is 16.5. The number of hydrogen-bond donors (Lipinski definition) is 1. The molecule has 2 amide bonds. The molecule has 0 saturated carbocycles. The summed E-state index contributed by atoms with van der Waals surface area (Å²) in [6, 6.07) is 10.9. The largest absolute Gasteiger partial charge is 0.438 e. The van der Waals surface area contributed by atoms with Crippen molar-refractivity contribution in [3.8, 4) is 11.6 Å². The molecule has 1 N–H and O–H groups in total. The molecule has 6 nitrogen and oxygen atoms in total. The van der Waals surface area contributed by atoms with Crippen LogP contribution in [0.4, 0.5) is 0 Å². The van der Waals surface area contributed by atoms with Crippen LogP contribution in [-0.4, -0.2) is 34.3 Å². The van der Waals surface area contributed by atoms with Gasteiger partial charge in [0, 0.05) is 31.3 Å². The molecule has 1 aliphatic heterocycles. The number of ether oxygens (including phenoxy) is 1. The van der Waals surface area contributed by atoms with Crippen molar-refractivity contribution < 1.29 is 14.3 Å². The lowest BCUT2D eigenvalue weighted by Gasteiger charge is -2.23. The fraction of sp³-hybridized carbons (Fsp3) is 0.350. The van der Waals surface area contributed by atoms with Gasteiger partial charge >= 0.3 is 0 Å². The Bertz CT molecular complexity index is 806. The van der Waals surface area contributed by atoms with Gasteiger partial charge in [-0.3, -0.25) is 9.59 Å². The minimum atomic E-state index is -0.470. The Balaban J connectivity index is 1.66. The number of nitrogens with zero attached hydrogens (tertiary/aromatic N) is 2. The molecule has 2 aromatic rings. The lowest BCUT2D eigenvalue weighted by atomic mass is 10.2. The number of likely N-dealkylation sites (tertiary alicyclic amines) is 1. The van der Waals surface area contributed by atoms with Gasteiger partial charge in [0.1, 0.15) is 11.8 Å². The van der Waals surface area contributed by atoms with Crippen LogP contribution in [0, 0.1) is 6.92 Å². The van der Waals surface area contributed by atoms with Crippen LogP contribution in [0.15, 0.2) is 42.6 Å². The van der Waals surface area contributed by atoms with E-state index in [-0.39, 0.29) is 11.8 Å². The number of pyridine rings is 1. The molecule has 1 aliphatic rings. The topological polar surface area (TPSA) is 71.5 Å². The molecule has 1 fully saturated rings. The fourth-order valence-electron chi connectivity index (χ4n) is 2.98. The van der Waals surface area contributed by atoms with E-state index in [1.807, 2.05) is 37.3 Å². The Hall–Kier alpha value is -2.89. The lowest BCUT2D eigenvalue weighted by Crippen LogP contribution is -2.45. The summed E-state index contributed by atoms with van der Waals surface area (Å²) in [7, 11) is 0. The summed E-state index contributed by atoms with van der Waals surface area (Å²) < 4.78 is 5.92. The van der Waals surface area contributed by atoms with Crippen molar-refractivity contribution in [1.82, 2.24) is 15.2 Å². The summed E-state index contributed by atoms with van der Waals surface area (Å²) in [5.74, 6) is 1.06. The number of carbonyl (C=O) groups is 2.